The number of halogens is 2. The third kappa shape index (κ3) is 5.25. The molecule has 0 aliphatic rings. The van der Waals surface area contributed by atoms with Crippen molar-refractivity contribution in [3.63, 3.8) is 0 Å². The number of hydrogen-bond donors (Lipinski definition) is 1. The van der Waals surface area contributed by atoms with Gasteiger partial charge in [0.15, 0.2) is 0 Å². The van der Waals surface area contributed by atoms with E-state index in [4.69, 9.17) is 9.68 Å². The smallest absolute Gasteiger partial charge is 0.284 e. The number of carbonyl (C=O) groups excluding carboxylic acids is 1. The first-order valence-corrected chi connectivity index (χ1v) is 8.01. The van der Waals surface area contributed by atoms with E-state index in [9.17, 15) is 13.6 Å². The molecule has 0 saturated heterocycles. The molecule has 0 atom stereocenters. The number of nitrogens with zero attached hydrogens (tertiary/aromatic N) is 1. The second-order valence-corrected chi connectivity index (χ2v) is 5.84. The fourth-order valence-electron chi connectivity index (χ4n) is 1.82. The summed E-state index contributed by atoms with van der Waals surface area (Å²) in [5, 5.41) is 11.8. The summed E-state index contributed by atoms with van der Waals surface area (Å²) in [6.45, 7) is 1.92. The summed E-state index contributed by atoms with van der Waals surface area (Å²) in [5.74, 6) is -2.42. The Bertz CT molecular complexity index is 777. The largest absolute Gasteiger partial charge is 0.461 e. The minimum absolute atomic E-state index is 0.0168. The molecule has 1 amide bonds. The molecule has 0 aliphatic heterocycles. The topological polar surface area (TPSA) is 66.0 Å². The van der Waals surface area contributed by atoms with Gasteiger partial charge in [0.2, 0.25) is 0 Å². The summed E-state index contributed by atoms with van der Waals surface area (Å²) in [4.78, 5) is 12.1. The number of carbonyl (C=O) groups is 1. The van der Waals surface area contributed by atoms with E-state index >= 15 is 0 Å². The first kappa shape index (κ1) is 17.8. The molecule has 4 nitrogen and oxygen atoms in total. The quantitative estimate of drug-likeness (QED) is 0.612. The van der Waals surface area contributed by atoms with Crippen LogP contribution in [0.3, 0.4) is 0 Å². The standard InChI is InChI=1S/C17H14F2N2O2S/c1-11-2-4-13(5-3-11)21-16(22)12(9-20)8-14-6-7-15(23-14)10-24-17(18)19/h2-8,17H,10H2,1H3,(H,21,22)/b12-8+. The van der Waals surface area contributed by atoms with Crippen LogP contribution in [0.4, 0.5) is 14.5 Å². The SMILES string of the molecule is Cc1ccc(NC(=O)/C(C#N)=C/c2ccc(CSC(F)F)o2)cc1. The van der Waals surface area contributed by atoms with Crippen LogP contribution in [0.2, 0.25) is 0 Å². The van der Waals surface area contributed by atoms with E-state index in [1.54, 1.807) is 18.2 Å². The van der Waals surface area contributed by atoms with Crippen molar-refractivity contribution in [2.75, 3.05) is 5.32 Å². The van der Waals surface area contributed by atoms with Crippen LogP contribution in [0.1, 0.15) is 17.1 Å². The van der Waals surface area contributed by atoms with E-state index in [1.165, 1.54) is 18.2 Å². The first-order chi connectivity index (χ1) is 11.5. The molecule has 0 bridgehead atoms. The zero-order chi connectivity index (χ0) is 17.5. The maximum atomic E-state index is 12.1. The highest BCUT2D eigenvalue weighted by Gasteiger charge is 2.12. The predicted molar refractivity (Wildman–Crippen MR) is 89.4 cm³/mol. The van der Waals surface area contributed by atoms with Gasteiger partial charge in [-0.2, -0.15) is 14.0 Å². The van der Waals surface area contributed by atoms with Crippen LogP contribution in [-0.2, 0) is 10.5 Å². The average molecular weight is 348 g/mol. The van der Waals surface area contributed by atoms with Crippen molar-refractivity contribution in [1.82, 2.24) is 0 Å². The van der Waals surface area contributed by atoms with E-state index in [1.807, 2.05) is 19.1 Å². The van der Waals surface area contributed by atoms with Crippen molar-refractivity contribution in [3.8, 4) is 6.07 Å². The lowest BCUT2D eigenvalue weighted by molar-refractivity contribution is -0.112. The molecule has 0 aliphatic carbocycles. The van der Waals surface area contributed by atoms with E-state index in [0.29, 0.717) is 23.2 Å². The lowest BCUT2D eigenvalue weighted by Gasteiger charge is -2.04. The Kier molecular flexibility index (Phi) is 6.15. The van der Waals surface area contributed by atoms with Gasteiger partial charge in [-0.25, -0.2) is 0 Å². The summed E-state index contributed by atoms with van der Waals surface area (Å²) < 4.78 is 29.6. The van der Waals surface area contributed by atoms with Gasteiger partial charge in [0, 0.05) is 11.8 Å². The molecule has 1 aromatic carbocycles. The van der Waals surface area contributed by atoms with Gasteiger partial charge in [-0.15, -0.1) is 0 Å². The van der Waals surface area contributed by atoms with Crippen molar-refractivity contribution in [1.29, 1.82) is 5.26 Å². The second-order valence-electron chi connectivity index (χ2n) is 4.87. The predicted octanol–water partition coefficient (Wildman–Crippen LogP) is 4.59. The Labute approximate surface area is 142 Å². The monoisotopic (exact) mass is 348 g/mol. The summed E-state index contributed by atoms with van der Waals surface area (Å²) in [7, 11) is 0. The number of amides is 1. The van der Waals surface area contributed by atoms with Crippen LogP contribution < -0.4 is 5.32 Å². The summed E-state index contributed by atoms with van der Waals surface area (Å²) in [5.41, 5.74) is 1.48. The van der Waals surface area contributed by atoms with Gasteiger partial charge in [0.05, 0.1) is 5.75 Å². The molecule has 1 N–H and O–H groups in total. The van der Waals surface area contributed by atoms with Gasteiger partial charge in [0.1, 0.15) is 23.2 Å². The molecular formula is C17H14F2N2O2S. The molecule has 0 unspecified atom stereocenters. The summed E-state index contributed by atoms with van der Waals surface area (Å²) in [6.07, 6.45) is 1.28. The molecule has 0 saturated carbocycles. The molecule has 0 spiro atoms. The van der Waals surface area contributed by atoms with Gasteiger partial charge in [-0.05, 0) is 31.2 Å². The van der Waals surface area contributed by atoms with Crippen LogP contribution in [0, 0.1) is 18.3 Å². The highest BCUT2D eigenvalue weighted by molar-refractivity contribution is 7.98. The molecule has 0 fully saturated rings. The Morgan fingerprint density at radius 3 is 2.67 bits per heavy atom. The van der Waals surface area contributed by atoms with Crippen LogP contribution in [-0.4, -0.2) is 11.7 Å². The fraction of sp³-hybridized carbons (Fsp3) is 0.176. The van der Waals surface area contributed by atoms with Crippen LogP contribution >= 0.6 is 11.8 Å². The molecule has 2 rings (SSSR count). The van der Waals surface area contributed by atoms with Crippen molar-refractivity contribution in [2.45, 2.75) is 18.4 Å². The van der Waals surface area contributed by atoms with Crippen LogP contribution in [0.15, 0.2) is 46.4 Å². The van der Waals surface area contributed by atoms with E-state index in [-0.39, 0.29) is 17.1 Å². The molecule has 2 aromatic rings. The number of hydrogen-bond acceptors (Lipinski definition) is 4. The molecule has 24 heavy (non-hydrogen) atoms. The number of anilines is 1. The maximum Gasteiger partial charge on any atom is 0.284 e. The van der Waals surface area contributed by atoms with Gasteiger partial charge in [-0.3, -0.25) is 4.79 Å². The Morgan fingerprint density at radius 2 is 2.04 bits per heavy atom. The van der Waals surface area contributed by atoms with E-state index < -0.39 is 11.7 Å². The summed E-state index contributed by atoms with van der Waals surface area (Å²) >= 11 is 0.439. The highest BCUT2D eigenvalue weighted by Crippen LogP contribution is 2.22. The highest BCUT2D eigenvalue weighted by atomic mass is 32.2. The Morgan fingerprint density at radius 1 is 1.33 bits per heavy atom. The molecule has 1 aromatic heterocycles. The number of aryl methyl sites for hydroxylation is 1. The summed E-state index contributed by atoms with van der Waals surface area (Å²) in [6, 6.07) is 12.0. The van der Waals surface area contributed by atoms with Gasteiger partial charge in [-0.1, -0.05) is 29.5 Å². The number of benzene rings is 1. The van der Waals surface area contributed by atoms with Crippen molar-refractivity contribution >= 4 is 29.4 Å². The number of alkyl halides is 2. The second kappa shape index (κ2) is 8.31. The van der Waals surface area contributed by atoms with Crippen molar-refractivity contribution in [3.05, 3.63) is 59.1 Å². The first-order valence-electron chi connectivity index (χ1n) is 6.96. The number of furan rings is 1. The minimum atomic E-state index is -2.48. The zero-order valence-electron chi connectivity index (χ0n) is 12.8. The molecular weight excluding hydrogens is 334 g/mol. The third-order valence-electron chi connectivity index (χ3n) is 3.00. The van der Waals surface area contributed by atoms with E-state index in [0.717, 1.165) is 5.56 Å². The fourth-order valence-corrected chi connectivity index (χ4v) is 2.27. The number of thioether (sulfide) groups is 1. The third-order valence-corrected chi connectivity index (χ3v) is 3.70. The number of rotatable bonds is 6. The lowest BCUT2D eigenvalue weighted by atomic mass is 10.2. The number of nitriles is 1. The normalized spacial score (nSPS) is 11.4. The minimum Gasteiger partial charge on any atom is -0.461 e. The van der Waals surface area contributed by atoms with Gasteiger partial charge in [0.25, 0.3) is 11.7 Å². The molecule has 0 radical (unpaired) electrons. The zero-order valence-corrected chi connectivity index (χ0v) is 13.6. The molecule has 7 heteroatoms. The van der Waals surface area contributed by atoms with E-state index in [2.05, 4.69) is 5.32 Å². The Hall–Kier alpha value is -2.59. The van der Waals surface area contributed by atoms with Crippen LogP contribution in [0.25, 0.3) is 6.08 Å². The molecule has 124 valence electrons. The number of nitrogens with one attached hydrogen (secondary N) is 1. The maximum absolute atomic E-state index is 12.1. The van der Waals surface area contributed by atoms with Crippen LogP contribution in [0.5, 0.6) is 0 Å². The van der Waals surface area contributed by atoms with Crippen molar-refractivity contribution in [2.24, 2.45) is 0 Å². The molecule has 1 heterocycles. The van der Waals surface area contributed by atoms with Gasteiger partial charge >= 0.3 is 0 Å². The average Bonchev–Trinajstić information content (AvgIpc) is 3.00. The van der Waals surface area contributed by atoms with Crippen molar-refractivity contribution < 1.29 is 18.0 Å². The van der Waals surface area contributed by atoms with Gasteiger partial charge < -0.3 is 9.73 Å². The lowest BCUT2D eigenvalue weighted by Crippen LogP contribution is -2.13. The Balaban J connectivity index is 2.06.